The van der Waals surface area contributed by atoms with Crippen molar-refractivity contribution in [1.82, 2.24) is 0 Å². The number of halogens is 9. The highest BCUT2D eigenvalue weighted by molar-refractivity contribution is 5.00. The normalized spacial score (nSPS) is 21.0. The minimum atomic E-state index is -6.82. The molecular formula is C12H15F9O2. The van der Waals surface area contributed by atoms with Gasteiger partial charge in [-0.25, -0.2) is 0 Å². The molecule has 0 radical (unpaired) electrons. The maximum atomic E-state index is 13.2. The Morgan fingerprint density at radius 3 is 1.96 bits per heavy atom. The van der Waals surface area contributed by atoms with Crippen LogP contribution in [0, 0.1) is 0 Å². The Bertz CT molecular complexity index is 375. The van der Waals surface area contributed by atoms with Crippen LogP contribution in [-0.4, -0.2) is 43.4 Å². The average molecular weight is 362 g/mol. The average Bonchev–Trinajstić information content (AvgIpc) is 2.89. The minimum Gasteiger partial charge on any atom is -0.353 e. The van der Waals surface area contributed by atoms with E-state index < -0.39 is 43.1 Å². The molecule has 1 atom stereocenters. The Labute approximate surface area is 125 Å². The first-order chi connectivity index (χ1) is 10.3. The zero-order valence-electron chi connectivity index (χ0n) is 11.7. The fraction of sp³-hybridized carbons (Fsp3) is 1.00. The summed E-state index contributed by atoms with van der Waals surface area (Å²) in [5.74, 6) is -18.9. The van der Waals surface area contributed by atoms with E-state index in [1.807, 2.05) is 0 Å². The highest BCUT2D eigenvalue weighted by Crippen LogP contribution is 2.54. The molecule has 0 aromatic heterocycles. The molecule has 1 saturated heterocycles. The van der Waals surface area contributed by atoms with Gasteiger partial charge in [0.2, 0.25) is 0 Å². The van der Waals surface area contributed by atoms with Gasteiger partial charge in [-0.15, -0.1) is 0 Å². The van der Waals surface area contributed by atoms with Crippen molar-refractivity contribution in [3.05, 3.63) is 0 Å². The van der Waals surface area contributed by atoms with Crippen molar-refractivity contribution in [3.8, 4) is 0 Å². The van der Waals surface area contributed by atoms with E-state index >= 15 is 0 Å². The van der Waals surface area contributed by atoms with Gasteiger partial charge < -0.3 is 9.47 Å². The van der Waals surface area contributed by atoms with E-state index in [0.717, 1.165) is 6.42 Å². The molecule has 1 unspecified atom stereocenters. The maximum absolute atomic E-state index is 13.2. The van der Waals surface area contributed by atoms with E-state index in [-0.39, 0.29) is 13.0 Å². The van der Waals surface area contributed by atoms with Gasteiger partial charge in [0.1, 0.15) is 0 Å². The molecule has 11 heteroatoms. The first-order valence-corrected chi connectivity index (χ1v) is 6.76. The minimum absolute atomic E-state index is 0.151. The van der Waals surface area contributed by atoms with Crippen molar-refractivity contribution >= 4 is 0 Å². The summed E-state index contributed by atoms with van der Waals surface area (Å²) in [6.07, 6.45) is -8.73. The Hall–Kier alpha value is -0.710. The van der Waals surface area contributed by atoms with Crippen LogP contribution in [0.1, 0.15) is 32.1 Å². The maximum Gasteiger partial charge on any atom is 0.460 e. The fourth-order valence-electron chi connectivity index (χ4n) is 1.91. The van der Waals surface area contributed by atoms with Crippen LogP contribution < -0.4 is 0 Å². The molecule has 1 aliphatic heterocycles. The van der Waals surface area contributed by atoms with Gasteiger partial charge in [-0.1, -0.05) is 0 Å². The summed E-state index contributed by atoms with van der Waals surface area (Å²) in [4.78, 5) is 0. The van der Waals surface area contributed by atoms with Crippen molar-refractivity contribution in [1.29, 1.82) is 0 Å². The number of hydrogen-bond donors (Lipinski definition) is 0. The van der Waals surface area contributed by atoms with Crippen LogP contribution in [0.5, 0.6) is 0 Å². The molecule has 1 rings (SSSR count). The van der Waals surface area contributed by atoms with Gasteiger partial charge in [-0.3, -0.25) is 0 Å². The molecule has 1 heterocycles. The van der Waals surface area contributed by atoms with Crippen molar-refractivity contribution in [2.75, 3.05) is 13.2 Å². The summed E-state index contributed by atoms with van der Waals surface area (Å²) in [6.45, 7) is 0.309. The Kier molecular flexibility index (Phi) is 6.22. The van der Waals surface area contributed by atoms with Gasteiger partial charge in [0, 0.05) is 26.1 Å². The van der Waals surface area contributed by atoms with Crippen molar-refractivity contribution in [2.24, 2.45) is 0 Å². The smallest absolute Gasteiger partial charge is 0.353 e. The molecule has 0 aromatic carbocycles. The van der Waals surface area contributed by atoms with Gasteiger partial charge in [0.05, 0.1) is 0 Å². The molecule has 138 valence electrons. The molecular weight excluding hydrogens is 347 g/mol. The van der Waals surface area contributed by atoms with Crippen LogP contribution >= 0.6 is 0 Å². The third-order valence-corrected chi connectivity index (χ3v) is 3.29. The van der Waals surface area contributed by atoms with Crippen LogP contribution in [-0.2, 0) is 9.47 Å². The number of ether oxygens (including phenoxy) is 2. The first kappa shape index (κ1) is 20.3. The van der Waals surface area contributed by atoms with Crippen LogP contribution in [0.3, 0.4) is 0 Å². The summed E-state index contributed by atoms with van der Waals surface area (Å²) in [5.41, 5.74) is 0. The SMILES string of the molecule is FC(F)(F)C(F)(F)C(F)(F)C(F)(F)CCCCOC1CCCO1. The quantitative estimate of drug-likeness (QED) is 0.457. The molecule has 0 spiro atoms. The third-order valence-electron chi connectivity index (χ3n) is 3.29. The lowest BCUT2D eigenvalue weighted by molar-refractivity contribution is -0.396. The summed E-state index contributed by atoms with van der Waals surface area (Å²) >= 11 is 0. The second-order valence-electron chi connectivity index (χ2n) is 5.12. The van der Waals surface area contributed by atoms with Gasteiger partial charge in [0.25, 0.3) is 0 Å². The first-order valence-electron chi connectivity index (χ1n) is 6.76. The summed E-state index contributed by atoms with van der Waals surface area (Å²) in [7, 11) is 0. The largest absolute Gasteiger partial charge is 0.460 e. The molecule has 0 saturated carbocycles. The predicted molar refractivity (Wildman–Crippen MR) is 59.7 cm³/mol. The van der Waals surface area contributed by atoms with E-state index in [9.17, 15) is 39.5 Å². The second kappa shape index (κ2) is 7.04. The van der Waals surface area contributed by atoms with Crippen molar-refractivity contribution in [3.63, 3.8) is 0 Å². The number of rotatable bonds is 8. The molecule has 23 heavy (non-hydrogen) atoms. The van der Waals surface area contributed by atoms with Crippen LogP contribution in [0.2, 0.25) is 0 Å². The van der Waals surface area contributed by atoms with Crippen molar-refractivity contribution < 1.29 is 49.0 Å². The third kappa shape index (κ3) is 4.43. The van der Waals surface area contributed by atoms with Crippen LogP contribution in [0.25, 0.3) is 0 Å². The zero-order valence-corrected chi connectivity index (χ0v) is 11.7. The lowest BCUT2D eigenvalue weighted by atomic mass is 9.99. The highest BCUT2D eigenvalue weighted by atomic mass is 19.4. The summed E-state index contributed by atoms with van der Waals surface area (Å²) in [6, 6.07) is 0. The Morgan fingerprint density at radius 2 is 1.48 bits per heavy atom. The second-order valence-corrected chi connectivity index (χ2v) is 5.12. The highest BCUT2D eigenvalue weighted by Gasteiger charge is 2.81. The van der Waals surface area contributed by atoms with E-state index in [4.69, 9.17) is 9.47 Å². The number of hydrogen-bond acceptors (Lipinski definition) is 2. The summed E-state index contributed by atoms with van der Waals surface area (Å²) < 4.78 is 123. The van der Waals surface area contributed by atoms with E-state index in [1.165, 1.54) is 0 Å². The van der Waals surface area contributed by atoms with Crippen LogP contribution in [0.4, 0.5) is 39.5 Å². The Balaban J connectivity index is 2.49. The number of unbranched alkanes of at least 4 members (excludes halogenated alkanes) is 1. The van der Waals surface area contributed by atoms with Crippen molar-refractivity contribution in [2.45, 2.75) is 62.3 Å². The Morgan fingerprint density at radius 1 is 0.870 bits per heavy atom. The molecule has 1 aliphatic rings. The van der Waals surface area contributed by atoms with Crippen LogP contribution in [0.15, 0.2) is 0 Å². The lowest BCUT2D eigenvalue weighted by Gasteiger charge is -2.33. The van der Waals surface area contributed by atoms with E-state index in [1.54, 1.807) is 0 Å². The molecule has 1 fully saturated rings. The molecule has 0 N–H and O–H groups in total. The van der Waals surface area contributed by atoms with Gasteiger partial charge in [0.15, 0.2) is 6.29 Å². The van der Waals surface area contributed by atoms with Gasteiger partial charge in [-0.05, 0) is 19.3 Å². The molecule has 2 nitrogen and oxygen atoms in total. The predicted octanol–water partition coefficient (Wildman–Crippen LogP) is 4.78. The topological polar surface area (TPSA) is 18.5 Å². The fourth-order valence-corrected chi connectivity index (χ4v) is 1.91. The standard InChI is InChI=1S/C12H15F9O2/c13-9(14,10(15,16)11(17,18)12(19,20)21)5-1-2-6-22-8-4-3-7-23-8/h8H,1-7H2. The monoisotopic (exact) mass is 362 g/mol. The van der Waals surface area contributed by atoms with E-state index in [2.05, 4.69) is 0 Å². The molecule has 0 aliphatic carbocycles. The lowest BCUT2D eigenvalue weighted by Crippen LogP contribution is -2.60. The molecule has 0 amide bonds. The molecule has 0 aromatic rings. The van der Waals surface area contributed by atoms with E-state index in [0.29, 0.717) is 13.0 Å². The summed E-state index contributed by atoms with van der Waals surface area (Å²) in [5, 5.41) is 0. The van der Waals surface area contributed by atoms with Gasteiger partial charge in [-0.2, -0.15) is 39.5 Å². The molecule has 0 bridgehead atoms. The van der Waals surface area contributed by atoms with Gasteiger partial charge >= 0.3 is 23.9 Å². The number of alkyl halides is 9. The zero-order chi connectivity index (χ0) is 17.9.